The molecule has 0 bridgehead atoms. The van der Waals surface area contributed by atoms with Crippen LogP contribution in [-0.4, -0.2) is 17.5 Å². The summed E-state index contributed by atoms with van der Waals surface area (Å²) in [5.74, 6) is 1.37. The molecule has 6 heteroatoms. The Balaban J connectivity index is 1.85. The maximum atomic E-state index is 12.5. The Bertz CT molecular complexity index is 530. The third kappa shape index (κ3) is 4.56. The van der Waals surface area contributed by atoms with Gasteiger partial charge in [0.15, 0.2) is 0 Å². The second-order valence-electron chi connectivity index (χ2n) is 6.40. The average Bonchev–Trinajstić information content (AvgIpc) is 2.73. The van der Waals surface area contributed by atoms with Crippen molar-refractivity contribution in [2.45, 2.75) is 53.1 Å². The van der Waals surface area contributed by atoms with Crippen LogP contribution in [0.1, 0.15) is 62.4 Å². The molecule has 124 valence electrons. The zero-order chi connectivity index (χ0) is 16.3. The van der Waals surface area contributed by atoms with Crippen molar-refractivity contribution in [3.8, 4) is 0 Å². The number of hydrogen-bond acceptors (Lipinski definition) is 3. The standard InChI is InChI=1S/C16H23Br2NO2S/c1-10(2)5-4-6-11(3)7-8-19-16(20)13-12(9-21-19)14(17)22-15(13)18/h10-11H,4-9H2,1-3H3. The molecule has 1 unspecified atom stereocenters. The number of hydroxylamine groups is 2. The minimum absolute atomic E-state index is 0.0237. The molecule has 0 N–H and O–H groups in total. The van der Waals surface area contributed by atoms with Gasteiger partial charge >= 0.3 is 0 Å². The van der Waals surface area contributed by atoms with Gasteiger partial charge in [0.05, 0.1) is 13.1 Å². The third-order valence-corrected chi connectivity index (χ3v) is 6.68. The molecule has 1 aliphatic rings. The molecule has 0 aliphatic carbocycles. The topological polar surface area (TPSA) is 29.5 Å². The highest BCUT2D eigenvalue weighted by atomic mass is 79.9. The zero-order valence-corrected chi connectivity index (χ0v) is 17.3. The first-order valence-electron chi connectivity index (χ1n) is 7.81. The van der Waals surface area contributed by atoms with Crippen LogP contribution in [0.2, 0.25) is 0 Å². The van der Waals surface area contributed by atoms with Gasteiger partial charge < -0.3 is 0 Å². The quantitative estimate of drug-likeness (QED) is 0.506. The molecule has 22 heavy (non-hydrogen) atoms. The SMILES string of the molecule is CC(C)CCCC(C)CCN1OCc2c(Br)sc(Br)c2C1=O. The summed E-state index contributed by atoms with van der Waals surface area (Å²) in [6.45, 7) is 7.92. The van der Waals surface area contributed by atoms with Crippen LogP contribution < -0.4 is 0 Å². The van der Waals surface area contributed by atoms with Gasteiger partial charge in [0.1, 0.15) is 6.61 Å². The molecule has 0 aromatic carbocycles. The molecular weight excluding hydrogens is 430 g/mol. The van der Waals surface area contributed by atoms with Crippen LogP contribution in [0.25, 0.3) is 0 Å². The van der Waals surface area contributed by atoms with E-state index in [1.807, 2.05) is 0 Å². The summed E-state index contributed by atoms with van der Waals surface area (Å²) in [6.07, 6.45) is 4.75. The minimum Gasteiger partial charge on any atom is -0.267 e. The fourth-order valence-corrected chi connectivity index (χ4v) is 5.70. The number of rotatable bonds is 7. The number of amides is 1. The van der Waals surface area contributed by atoms with Crippen molar-refractivity contribution in [1.82, 2.24) is 5.06 Å². The molecule has 0 saturated carbocycles. The van der Waals surface area contributed by atoms with Crippen molar-refractivity contribution < 1.29 is 9.63 Å². The molecule has 1 aromatic heterocycles. The Kier molecular flexibility index (Phi) is 6.92. The number of thiophene rings is 1. The van der Waals surface area contributed by atoms with E-state index in [1.54, 1.807) is 0 Å². The summed E-state index contributed by atoms with van der Waals surface area (Å²) >= 11 is 8.51. The molecule has 2 heterocycles. The first-order valence-corrected chi connectivity index (χ1v) is 10.2. The van der Waals surface area contributed by atoms with Gasteiger partial charge in [-0.05, 0) is 50.1 Å². The summed E-state index contributed by atoms with van der Waals surface area (Å²) in [7, 11) is 0. The number of carbonyl (C=O) groups is 1. The van der Waals surface area contributed by atoms with Gasteiger partial charge in [-0.3, -0.25) is 9.63 Å². The lowest BCUT2D eigenvalue weighted by atomic mass is 9.97. The Morgan fingerprint density at radius 1 is 1.18 bits per heavy atom. The number of halogens is 2. The number of nitrogens with zero attached hydrogens (tertiary/aromatic N) is 1. The molecule has 0 saturated heterocycles. The van der Waals surface area contributed by atoms with E-state index in [1.165, 1.54) is 35.7 Å². The minimum atomic E-state index is -0.0237. The average molecular weight is 453 g/mol. The summed E-state index contributed by atoms with van der Waals surface area (Å²) in [4.78, 5) is 18.2. The van der Waals surface area contributed by atoms with Gasteiger partial charge in [-0.2, -0.15) is 0 Å². The Morgan fingerprint density at radius 2 is 1.91 bits per heavy atom. The van der Waals surface area contributed by atoms with E-state index in [9.17, 15) is 4.79 Å². The number of carbonyl (C=O) groups excluding carboxylic acids is 1. The lowest BCUT2D eigenvalue weighted by Gasteiger charge is -2.27. The Hall–Kier alpha value is 0.0900. The lowest BCUT2D eigenvalue weighted by Crippen LogP contribution is -2.36. The van der Waals surface area contributed by atoms with E-state index < -0.39 is 0 Å². The van der Waals surface area contributed by atoms with Crippen LogP contribution in [-0.2, 0) is 11.4 Å². The molecule has 1 aromatic rings. The van der Waals surface area contributed by atoms with Crippen molar-refractivity contribution in [1.29, 1.82) is 0 Å². The van der Waals surface area contributed by atoms with Crippen LogP contribution in [0.3, 0.4) is 0 Å². The Morgan fingerprint density at radius 3 is 2.59 bits per heavy atom. The van der Waals surface area contributed by atoms with E-state index >= 15 is 0 Å². The third-order valence-electron chi connectivity index (χ3n) is 4.02. The van der Waals surface area contributed by atoms with E-state index in [0.29, 0.717) is 19.1 Å². The molecular formula is C16H23Br2NO2S. The first kappa shape index (κ1) is 18.4. The van der Waals surface area contributed by atoms with Crippen LogP contribution in [0.4, 0.5) is 0 Å². The number of hydrogen-bond donors (Lipinski definition) is 0. The van der Waals surface area contributed by atoms with Crippen molar-refractivity contribution in [3.63, 3.8) is 0 Å². The van der Waals surface area contributed by atoms with Crippen molar-refractivity contribution >= 4 is 49.1 Å². The predicted molar refractivity (Wildman–Crippen MR) is 98.0 cm³/mol. The molecule has 2 rings (SSSR count). The van der Waals surface area contributed by atoms with Gasteiger partial charge in [0.2, 0.25) is 0 Å². The highest BCUT2D eigenvalue weighted by molar-refractivity contribution is 9.12. The lowest BCUT2D eigenvalue weighted by molar-refractivity contribution is -0.142. The first-order chi connectivity index (χ1) is 10.4. The fraction of sp³-hybridized carbons (Fsp3) is 0.688. The zero-order valence-electron chi connectivity index (χ0n) is 13.3. The molecule has 0 radical (unpaired) electrons. The van der Waals surface area contributed by atoms with Crippen LogP contribution in [0, 0.1) is 11.8 Å². The van der Waals surface area contributed by atoms with Crippen LogP contribution >= 0.6 is 43.2 Å². The molecule has 3 nitrogen and oxygen atoms in total. The maximum absolute atomic E-state index is 12.5. The largest absolute Gasteiger partial charge is 0.279 e. The molecule has 0 spiro atoms. The molecule has 1 atom stereocenters. The van der Waals surface area contributed by atoms with E-state index in [2.05, 4.69) is 52.6 Å². The summed E-state index contributed by atoms with van der Waals surface area (Å²) in [5.41, 5.74) is 1.72. The molecule has 0 fully saturated rings. The second-order valence-corrected chi connectivity index (χ2v) is 10.1. The van der Waals surface area contributed by atoms with Crippen LogP contribution in [0.15, 0.2) is 7.57 Å². The summed E-state index contributed by atoms with van der Waals surface area (Å²) < 4.78 is 1.86. The fourth-order valence-electron chi connectivity index (χ4n) is 2.60. The van der Waals surface area contributed by atoms with E-state index in [0.717, 1.165) is 31.0 Å². The predicted octanol–water partition coefficient (Wildman–Crippen LogP) is 6.01. The molecule has 1 aliphatic heterocycles. The second kappa shape index (κ2) is 8.27. The van der Waals surface area contributed by atoms with Crippen molar-refractivity contribution in [2.75, 3.05) is 6.54 Å². The number of fused-ring (bicyclic) bond motifs is 1. The monoisotopic (exact) mass is 451 g/mol. The normalized spacial score (nSPS) is 16.3. The van der Waals surface area contributed by atoms with Crippen molar-refractivity contribution in [3.05, 3.63) is 18.7 Å². The van der Waals surface area contributed by atoms with Gasteiger partial charge in [-0.25, -0.2) is 5.06 Å². The smallest absolute Gasteiger partial charge is 0.267 e. The van der Waals surface area contributed by atoms with Gasteiger partial charge in [-0.1, -0.05) is 40.0 Å². The maximum Gasteiger partial charge on any atom is 0.279 e. The van der Waals surface area contributed by atoms with E-state index in [4.69, 9.17) is 4.84 Å². The van der Waals surface area contributed by atoms with Gasteiger partial charge in [-0.15, -0.1) is 11.3 Å². The highest BCUT2D eigenvalue weighted by Gasteiger charge is 2.31. The Labute approximate surface area is 153 Å². The van der Waals surface area contributed by atoms with Gasteiger partial charge in [0.25, 0.3) is 5.91 Å². The highest BCUT2D eigenvalue weighted by Crippen LogP contribution is 2.40. The summed E-state index contributed by atoms with van der Waals surface area (Å²) in [6, 6.07) is 0. The molecule has 1 amide bonds. The van der Waals surface area contributed by atoms with Crippen LogP contribution in [0.5, 0.6) is 0 Å². The van der Waals surface area contributed by atoms with Gasteiger partial charge in [0, 0.05) is 12.1 Å². The summed E-state index contributed by atoms with van der Waals surface area (Å²) in [5, 5.41) is 1.53. The van der Waals surface area contributed by atoms with Crippen molar-refractivity contribution in [2.24, 2.45) is 11.8 Å². The van der Waals surface area contributed by atoms with E-state index in [-0.39, 0.29) is 5.91 Å².